The second-order valence-corrected chi connectivity index (χ2v) is 7.32. The van der Waals surface area contributed by atoms with Crippen molar-refractivity contribution < 1.29 is 9.53 Å². The third-order valence-electron chi connectivity index (χ3n) is 4.72. The first-order chi connectivity index (χ1) is 12.1. The van der Waals surface area contributed by atoms with Crippen LogP contribution in [0.4, 0.5) is 5.00 Å². The van der Waals surface area contributed by atoms with E-state index in [4.69, 9.17) is 9.73 Å². The number of nitrogens with zero attached hydrogens (tertiary/aromatic N) is 3. The van der Waals surface area contributed by atoms with Crippen molar-refractivity contribution in [2.45, 2.75) is 20.4 Å². The largest absolute Gasteiger partial charge is 0.378 e. The lowest BCUT2D eigenvalue weighted by Gasteiger charge is -2.36. The lowest BCUT2D eigenvalue weighted by molar-refractivity contribution is -0.126. The van der Waals surface area contributed by atoms with Gasteiger partial charge in [-0.05, 0) is 18.1 Å². The molecule has 0 radical (unpaired) electrons. The molecule has 5 nitrogen and oxygen atoms in total. The fourth-order valence-corrected chi connectivity index (χ4v) is 4.50. The van der Waals surface area contributed by atoms with Crippen LogP contribution in [0.25, 0.3) is 10.4 Å². The Bertz CT molecular complexity index is 823. The van der Waals surface area contributed by atoms with Gasteiger partial charge in [-0.2, -0.15) is 0 Å². The van der Waals surface area contributed by atoms with E-state index in [9.17, 15) is 4.79 Å². The molecule has 0 saturated carbocycles. The molecular weight excluding hydrogens is 334 g/mol. The van der Waals surface area contributed by atoms with Crippen molar-refractivity contribution in [1.29, 1.82) is 0 Å². The number of aliphatic imine (C=N–C) groups is 1. The zero-order chi connectivity index (χ0) is 17.4. The van der Waals surface area contributed by atoms with E-state index in [2.05, 4.69) is 36.1 Å². The Kier molecular flexibility index (Phi) is 4.31. The Morgan fingerprint density at radius 3 is 2.60 bits per heavy atom. The molecule has 4 rings (SSSR count). The van der Waals surface area contributed by atoms with Gasteiger partial charge in [-0.1, -0.05) is 30.3 Å². The molecule has 0 bridgehead atoms. The predicted octanol–water partition coefficient (Wildman–Crippen LogP) is 3.41. The summed E-state index contributed by atoms with van der Waals surface area (Å²) >= 11 is 1.71. The minimum Gasteiger partial charge on any atom is -0.378 e. The SMILES string of the molecule is CC(=O)N1Cc2c(sc(-c3ccccc3)c2C)N=C1N1CCOCC1. The molecule has 130 valence electrons. The molecule has 2 aliphatic heterocycles. The van der Waals surface area contributed by atoms with Crippen molar-refractivity contribution in [3.05, 3.63) is 41.5 Å². The van der Waals surface area contributed by atoms with Gasteiger partial charge in [0.15, 0.2) is 0 Å². The minimum absolute atomic E-state index is 0.0303. The zero-order valence-corrected chi connectivity index (χ0v) is 15.3. The van der Waals surface area contributed by atoms with Crippen LogP contribution >= 0.6 is 11.3 Å². The number of ether oxygens (including phenoxy) is 1. The number of hydrogen-bond acceptors (Lipinski definition) is 5. The van der Waals surface area contributed by atoms with Crippen LogP contribution in [0.5, 0.6) is 0 Å². The molecule has 1 fully saturated rings. The summed E-state index contributed by atoms with van der Waals surface area (Å²) in [5.74, 6) is 0.798. The van der Waals surface area contributed by atoms with Gasteiger partial charge in [-0.25, -0.2) is 4.99 Å². The number of carbonyl (C=O) groups is 1. The van der Waals surface area contributed by atoms with Crippen LogP contribution in [-0.4, -0.2) is 48.0 Å². The molecule has 0 aliphatic carbocycles. The first-order valence-electron chi connectivity index (χ1n) is 8.52. The minimum atomic E-state index is 0.0303. The Morgan fingerprint density at radius 1 is 1.20 bits per heavy atom. The van der Waals surface area contributed by atoms with Crippen LogP contribution in [0.15, 0.2) is 35.3 Å². The lowest BCUT2D eigenvalue weighted by atomic mass is 10.1. The van der Waals surface area contributed by atoms with Crippen molar-refractivity contribution in [3.63, 3.8) is 0 Å². The molecule has 3 heterocycles. The summed E-state index contributed by atoms with van der Waals surface area (Å²) < 4.78 is 5.44. The Morgan fingerprint density at radius 2 is 1.92 bits per heavy atom. The summed E-state index contributed by atoms with van der Waals surface area (Å²) in [7, 11) is 0. The van der Waals surface area contributed by atoms with Gasteiger partial charge in [0.1, 0.15) is 5.00 Å². The van der Waals surface area contributed by atoms with Gasteiger partial charge < -0.3 is 9.64 Å². The number of amides is 1. The van der Waals surface area contributed by atoms with E-state index in [1.54, 1.807) is 23.2 Å². The molecule has 0 spiro atoms. The highest BCUT2D eigenvalue weighted by Crippen LogP contribution is 2.44. The Labute approximate surface area is 151 Å². The molecule has 1 amide bonds. The number of hydrogen-bond donors (Lipinski definition) is 0. The smallest absolute Gasteiger partial charge is 0.226 e. The third kappa shape index (κ3) is 2.96. The molecular formula is C19H21N3O2S. The number of fused-ring (bicyclic) bond motifs is 1. The van der Waals surface area contributed by atoms with Gasteiger partial charge in [0, 0.05) is 30.5 Å². The predicted molar refractivity (Wildman–Crippen MR) is 100 cm³/mol. The van der Waals surface area contributed by atoms with Crippen molar-refractivity contribution in [2.75, 3.05) is 26.3 Å². The maximum absolute atomic E-state index is 12.2. The van der Waals surface area contributed by atoms with Crippen LogP contribution in [0.1, 0.15) is 18.1 Å². The molecule has 0 atom stereocenters. The van der Waals surface area contributed by atoms with Crippen molar-refractivity contribution in [3.8, 4) is 10.4 Å². The summed E-state index contributed by atoms with van der Waals surface area (Å²) in [6.07, 6.45) is 0. The molecule has 6 heteroatoms. The van der Waals surface area contributed by atoms with Gasteiger partial charge >= 0.3 is 0 Å². The van der Waals surface area contributed by atoms with E-state index in [1.807, 2.05) is 6.07 Å². The van der Waals surface area contributed by atoms with Crippen LogP contribution in [0.2, 0.25) is 0 Å². The van der Waals surface area contributed by atoms with Crippen LogP contribution in [-0.2, 0) is 16.1 Å². The van der Waals surface area contributed by atoms with Gasteiger partial charge in [0.05, 0.1) is 19.8 Å². The first-order valence-corrected chi connectivity index (χ1v) is 9.34. The average molecular weight is 355 g/mol. The van der Waals surface area contributed by atoms with E-state index in [0.29, 0.717) is 19.8 Å². The molecule has 25 heavy (non-hydrogen) atoms. The highest BCUT2D eigenvalue weighted by molar-refractivity contribution is 7.19. The fraction of sp³-hybridized carbons (Fsp3) is 0.368. The quantitative estimate of drug-likeness (QED) is 0.787. The number of morpholine rings is 1. The van der Waals surface area contributed by atoms with Gasteiger partial charge in [-0.3, -0.25) is 9.69 Å². The number of carbonyl (C=O) groups excluding carboxylic acids is 1. The number of guanidine groups is 1. The standard InChI is InChI=1S/C19H21N3O2S/c1-13-16-12-22(14(2)23)19(21-8-10-24-11-9-21)20-18(16)25-17(13)15-6-4-3-5-7-15/h3-7H,8-12H2,1-2H3. The van der Waals surface area contributed by atoms with Crippen molar-refractivity contribution in [2.24, 2.45) is 4.99 Å². The summed E-state index contributed by atoms with van der Waals surface area (Å²) in [6, 6.07) is 10.4. The first kappa shape index (κ1) is 16.3. The van der Waals surface area contributed by atoms with E-state index >= 15 is 0 Å². The topological polar surface area (TPSA) is 45.1 Å². The third-order valence-corrected chi connectivity index (χ3v) is 6.00. The van der Waals surface area contributed by atoms with Crippen LogP contribution < -0.4 is 0 Å². The highest BCUT2D eigenvalue weighted by Gasteiger charge is 2.31. The fourth-order valence-electron chi connectivity index (χ4n) is 3.31. The maximum atomic E-state index is 12.2. The summed E-state index contributed by atoms with van der Waals surface area (Å²) in [5.41, 5.74) is 3.59. The van der Waals surface area contributed by atoms with E-state index in [1.165, 1.54) is 16.0 Å². The molecule has 0 unspecified atom stereocenters. The van der Waals surface area contributed by atoms with E-state index in [0.717, 1.165) is 29.6 Å². The highest BCUT2D eigenvalue weighted by atomic mass is 32.1. The average Bonchev–Trinajstić information content (AvgIpc) is 2.98. The Balaban J connectivity index is 1.77. The molecule has 2 aromatic rings. The monoisotopic (exact) mass is 355 g/mol. The molecule has 0 N–H and O–H groups in total. The van der Waals surface area contributed by atoms with E-state index < -0.39 is 0 Å². The van der Waals surface area contributed by atoms with Gasteiger partial charge in [0.2, 0.25) is 11.9 Å². The summed E-state index contributed by atoms with van der Waals surface area (Å²) in [5, 5.41) is 1.02. The molecule has 1 aromatic carbocycles. The van der Waals surface area contributed by atoms with Crippen molar-refractivity contribution >= 4 is 28.2 Å². The van der Waals surface area contributed by atoms with Gasteiger partial charge in [0.25, 0.3) is 0 Å². The molecule has 2 aliphatic rings. The number of rotatable bonds is 1. The molecule has 1 aromatic heterocycles. The van der Waals surface area contributed by atoms with Crippen LogP contribution in [0.3, 0.4) is 0 Å². The Hall–Kier alpha value is -2.18. The second-order valence-electron chi connectivity index (χ2n) is 6.32. The summed E-state index contributed by atoms with van der Waals surface area (Å²) in [4.78, 5) is 22.3. The maximum Gasteiger partial charge on any atom is 0.226 e. The van der Waals surface area contributed by atoms with Crippen molar-refractivity contribution in [1.82, 2.24) is 9.80 Å². The zero-order valence-electron chi connectivity index (χ0n) is 14.5. The second kappa shape index (κ2) is 6.61. The van der Waals surface area contributed by atoms with Crippen LogP contribution in [0, 0.1) is 6.92 Å². The molecule has 1 saturated heterocycles. The van der Waals surface area contributed by atoms with Gasteiger partial charge in [-0.15, -0.1) is 11.3 Å². The summed E-state index contributed by atoms with van der Waals surface area (Å²) in [6.45, 7) is 7.23. The van der Waals surface area contributed by atoms with E-state index in [-0.39, 0.29) is 5.91 Å². The number of thiophene rings is 1. The normalized spacial score (nSPS) is 17.3. The lowest BCUT2D eigenvalue weighted by Crippen LogP contribution is -2.51. The number of benzene rings is 1.